The van der Waals surface area contributed by atoms with Crippen LogP contribution in [0.25, 0.3) is 0 Å². The first-order chi connectivity index (χ1) is 10.4. The van der Waals surface area contributed by atoms with E-state index in [1.54, 1.807) is 10.8 Å². The molecule has 3 aromatic rings. The average Bonchev–Trinajstić information content (AvgIpc) is 2.59. The van der Waals surface area contributed by atoms with E-state index in [2.05, 4.69) is 84.5 Å². The Hall–Kier alpha value is -1.64. The molecule has 0 aliphatic rings. The molecule has 0 N–H and O–H groups in total. The van der Waals surface area contributed by atoms with Gasteiger partial charge in [0, 0.05) is 0 Å². The van der Waals surface area contributed by atoms with Crippen LogP contribution in [-0.2, 0) is 4.75 Å². The minimum atomic E-state index is -0.299. The fraction of sp³-hybridized carbons (Fsp3) is 0.0526. The molecule has 0 nitrogen and oxygen atoms in total. The predicted molar refractivity (Wildman–Crippen MR) is 95.8 cm³/mol. The molecule has 0 aromatic heterocycles. The summed E-state index contributed by atoms with van der Waals surface area (Å²) in [5, 5.41) is 0. The van der Waals surface area contributed by atoms with E-state index in [0.717, 1.165) is 0 Å². The molecule has 3 aromatic carbocycles. The van der Waals surface area contributed by atoms with Crippen LogP contribution in [0.15, 0.2) is 91.0 Å². The first-order valence-electron chi connectivity index (χ1n) is 6.87. The summed E-state index contributed by atoms with van der Waals surface area (Å²) in [6, 6.07) is 31.7. The van der Waals surface area contributed by atoms with Gasteiger partial charge in [-0.25, -0.2) is 0 Å². The highest BCUT2D eigenvalue weighted by Gasteiger charge is 2.35. The van der Waals surface area contributed by atoms with Crippen LogP contribution in [0.4, 0.5) is 0 Å². The zero-order chi connectivity index (χ0) is 14.5. The maximum Gasteiger partial charge on any atom is 0.101 e. The van der Waals surface area contributed by atoms with Crippen molar-refractivity contribution < 1.29 is 0 Å². The molecule has 0 bridgehead atoms. The predicted octanol–water partition coefficient (Wildman–Crippen LogP) is 5.56. The second-order valence-electron chi connectivity index (χ2n) is 4.87. The summed E-state index contributed by atoms with van der Waals surface area (Å²) >= 11 is 4.65. The molecule has 0 aliphatic heterocycles. The summed E-state index contributed by atoms with van der Waals surface area (Å²) in [5.41, 5.74) is 3.72. The Morgan fingerprint density at radius 3 is 1.05 bits per heavy atom. The van der Waals surface area contributed by atoms with E-state index in [-0.39, 0.29) is 4.75 Å². The highest BCUT2D eigenvalue weighted by Crippen LogP contribution is 2.49. The molecular formula is C19H16S2. The highest BCUT2D eigenvalue weighted by atomic mass is 33.1. The highest BCUT2D eigenvalue weighted by molar-refractivity contribution is 8.69. The Morgan fingerprint density at radius 1 is 0.524 bits per heavy atom. The van der Waals surface area contributed by atoms with Gasteiger partial charge >= 0.3 is 0 Å². The van der Waals surface area contributed by atoms with E-state index in [9.17, 15) is 0 Å². The Labute approximate surface area is 135 Å². The number of thiol groups is 1. The molecule has 104 valence electrons. The van der Waals surface area contributed by atoms with Gasteiger partial charge in [0.25, 0.3) is 0 Å². The minimum absolute atomic E-state index is 0.299. The second kappa shape index (κ2) is 6.42. The van der Waals surface area contributed by atoms with Crippen LogP contribution >= 0.6 is 22.5 Å². The molecule has 0 saturated carbocycles. The van der Waals surface area contributed by atoms with E-state index in [4.69, 9.17) is 0 Å². The quantitative estimate of drug-likeness (QED) is 0.374. The third kappa shape index (κ3) is 2.61. The van der Waals surface area contributed by atoms with Crippen molar-refractivity contribution in [3.63, 3.8) is 0 Å². The van der Waals surface area contributed by atoms with Gasteiger partial charge in [-0.1, -0.05) is 102 Å². The summed E-state index contributed by atoms with van der Waals surface area (Å²) in [6.07, 6.45) is 0. The Bertz CT molecular complexity index is 582. The summed E-state index contributed by atoms with van der Waals surface area (Å²) in [5.74, 6) is 0. The van der Waals surface area contributed by atoms with Gasteiger partial charge in [0.2, 0.25) is 0 Å². The summed E-state index contributed by atoms with van der Waals surface area (Å²) in [7, 11) is 1.57. The smallest absolute Gasteiger partial charge is 0.101 e. The average molecular weight is 308 g/mol. The number of hydrogen-bond acceptors (Lipinski definition) is 2. The van der Waals surface area contributed by atoms with Crippen LogP contribution in [0.5, 0.6) is 0 Å². The first kappa shape index (κ1) is 14.3. The van der Waals surface area contributed by atoms with Crippen molar-refractivity contribution in [2.45, 2.75) is 4.75 Å². The van der Waals surface area contributed by atoms with Crippen molar-refractivity contribution in [3.05, 3.63) is 108 Å². The summed E-state index contributed by atoms with van der Waals surface area (Å²) in [4.78, 5) is 0. The standard InChI is InChI=1S/C19H16S2/c20-21-19(16-10-4-1-5-11-16,17-12-6-2-7-13-17)18-14-8-3-9-15-18/h1-15,20H. The fourth-order valence-corrected chi connectivity index (χ4v) is 4.35. The van der Waals surface area contributed by atoms with E-state index in [0.29, 0.717) is 0 Å². The van der Waals surface area contributed by atoms with Crippen molar-refractivity contribution >= 4 is 22.5 Å². The first-order valence-corrected chi connectivity index (χ1v) is 8.74. The molecule has 0 atom stereocenters. The van der Waals surface area contributed by atoms with Crippen LogP contribution in [0, 0.1) is 0 Å². The normalized spacial score (nSPS) is 11.3. The minimum Gasteiger partial charge on any atom is -0.110 e. The van der Waals surface area contributed by atoms with Crippen LogP contribution in [0.2, 0.25) is 0 Å². The maximum atomic E-state index is 4.65. The van der Waals surface area contributed by atoms with Gasteiger partial charge in [-0.05, 0) is 16.7 Å². The maximum absolute atomic E-state index is 4.65. The molecule has 0 radical (unpaired) electrons. The van der Waals surface area contributed by atoms with Gasteiger partial charge < -0.3 is 0 Å². The van der Waals surface area contributed by atoms with Crippen molar-refractivity contribution in [2.75, 3.05) is 0 Å². The monoisotopic (exact) mass is 308 g/mol. The number of rotatable bonds is 4. The third-order valence-electron chi connectivity index (χ3n) is 3.68. The van der Waals surface area contributed by atoms with Gasteiger partial charge in [-0.3, -0.25) is 0 Å². The van der Waals surface area contributed by atoms with Gasteiger partial charge in [-0.15, -0.1) is 11.7 Å². The van der Waals surface area contributed by atoms with Gasteiger partial charge in [0.1, 0.15) is 4.75 Å². The molecule has 0 spiro atoms. The molecule has 0 amide bonds. The van der Waals surface area contributed by atoms with Crippen LogP contribution in [0.3, 0.4) is 0 Å². The van der Waals surface area contributed by atoms with Crippen molar-refractivity contribution in [1.82, 2.24) is 0 Å². The third-order valence-corrected chi connectivity index (χ3v) is 5.48. The van der Waals surface area contributed by atoms with Crippen LogP contribution < -0.4 is 0 Å². The Balaban J connectivity index is 2.29. The Kier molecular flexibility index (Phi) is 4.37. The summed E-state index contributed by atoms with van der Waals surface area (Å²) < 4.78 is -0.299. The lowest BCUT2D eigenvalue weighted by atomic mass is 9.84. The molecule has 21 heavy (non-hydrogen) atoms. The molecule has 0 heterocycles. The number of benzene rings is 3. The zero-order valence-corrected chi connectivity index (χ0v) is 13.2. The van der Waals surface area contributed by atoms with Gasteiger partial charge in [0.05, 0.1) is 0 Å². The van der Waals surface area contributed by atoms with Crippen molar-refractivity contribution in [1.29, 1.82) is 0 Å². The Morgan fingerprint density at radius 2 is 0.810 bits per heavy atom. The molecule has 0 aliphatic carbocycles. The lowest BCUT2D eigenvalue weighted by Crippen LogP contribution is -2.24. The van der Waals surface area contributed by atoms with E-state index < -0.39 is 0 Å². The van der Waals surface area contributed by atoms with E-state index in [1.807, 2.05) is 18.2 Å². The fourth-order valence-electron chi connectivity index (χ4n) is 2.68. The molecule has 0 unspecified atom stereocenters. The molecule has 3 rings (SSSR count). The van der Waals surface area contributed by atoms with Crippen LogP contribution in [0.1, 0.15) is 16.7 Å². The second-order valence-corrected chi connectivity index (χ2v) is 6.21. The lowest BCUT2D eigenvalue weighted by molar-refractivity contribution is 0.903. The van der Waals surface area contributed by atoms with Gasteiger partial charge in [0.15, 0.2) is 0 Å². The van der Waals surface area contributed by atoms with E-state index >= 15 is 0 Å². The lowest BCUT2D eigenvalue weighted by Gasteiger charge is -2.33. The SMILES string of the molecule is SSC(c1ccccc1)(c1ccccc1)c1ccccc1. The van der Waals surface area contributed by atoms with Crippen LogP contribution in [-0.4, -0.2) is 0 Å². The molecule has 0 saturated heterocycles. The van der Waals surface area contributed by atoms with E-state index in [1.165, 1.54) is 16.7 Å². The topological polar surface area (TPSA) is 0 Å². The molecule has 2 heteroatoms. The largest absolute Gasteiger partial charge is 0.110 e. The number of hydrogen-bond donors (Lipinski definition) is 1. The summed E-state index contributed by atoms with van der Waals surface area (Å²) in [6.45, 7) is 0. The zero-order valence-electron chi connectivity index (χ0n) is 11.5. The van der Waals surface area contributed by atoms with Gasteiger partial charge in [-0.2, -0.15) is 0 Å². The van der Waals surface area contributed by atoms with Crippen molar-refractivity contribution in [2.24, 2.45) is 0 Å². The molecular weight excluding hydrogens is 292 g/mol. The molecule has 0 fully saturated rings. The van der Waals surface area contributed by atoms with Crippen molar-refractivity contribution in [3.8, 4) is 0 Å².